The van der Waals surface area contributed by atoms with E-state index in [0.717, 1.165) is 33.2 Å². The van der Waals surface area contributed by atoms with Crippen molar-refractivity contribution >= 4 is 31.8 Å². The molecule has 3 heterocycles. The lowest BCUT2D eigenvalue weighted by Gasteiger charge is -2.01. The van der Waals surface area contributed by atoms with Crippen LogP contribution in [-0.2, 0) is 16.9 Å². The maximum Gasteiger partial charge on any atom is 0.175 e. The highest BCUT2D eigenvalue weighted by atomic mass is 32.2. The zero-order valence-electron chi connectivity index (χ0n) is 12.6. The van der Waals surface area contributed by atoms with Crippen LogP contribution >= 0.6 is 0 Å². The van der Waals surface area contributed by atoms with Crippen molar-refractivity contribution in [3.63, 3.8) is 0 Å². The highest BCUT2D eigenvalue weighted by Crippen LogP contribution is 2.31. The normalized spacial score (nSPS) is 12.3. The first-order valence-corrected chi connectivity index (χ1v) is 8.93. The van der Waals surface area contributed by atoms with E-state index in [9.17, 15) is 8.42 Å². The van der Waals surface area contributed by atoms with Crippen LogP contribution in [0.2, 0.25) is 0 Å². The van der Waals surface area contributed by atoms with Crippen LogP contribution in [0.3, 0.4) is 0 Å². The minimum atomic E-state index is -3.20. The number of aromatic nitrogens is 4. The van der Waals surface area contributed by atoms with Crippen molar-refractivity contribution in [1.29, 1.82) is 0 Å². The summed E-state index contributed by atoms with van der Waals surface area (Å²) in [5, 5.41) is 6.54. The van der Waals surface area contributed by atoms with E-state index in [1.54, 1.807) is 30.5 Å². The molecular formula is C16H14N4O2S. The molecule has 0 unspecified atom stereocenters. The van der Waals surface area contributed by atoms with Crippen LogP contribution in [0.4, 0.5) is 0 Å². The van der Waals surface area contributed by atoms with Gasteiger partial charge in [-0.05, 0) is 18.2 Å². The Labute approximate surface area is 132 Å². The number of aromatic amines is 1. The molecule has 3 aromatic heterocycles. The summed E-state index contributed by atoms with van der Waals surface area (Å²) in [5.74, 6) is 0. The number of rotatable bonds is 2. The monoisotopic (exact) mass is 326 g/mol. The van der Waals surface area contributed by atoms with Crippen molar-refractivity contribution < 1.29 is 8.42 Å². The molecule has 116 valence electrons. The van der Waals surface area contributed by atoms with E-state index in [2.05, 4.69) is 15.1 Å². The molecule has 0 fully saturated rings. The first-order chi connectivity index (χ1) is 10.9. The molecule has 1 aromatic carbocycles. The number of hydrogen-bond acceptors (Lipinski definition) is 4. The Balaban J connectivity index is 1.96. The molecule has 0 saturated heterocycles. The summed E-state index contributed by atoms with van der Waals surface area (Å²) < 4.78 is 25.0. The summed E-state index contributed by atoms with van der Waals surface area (Å²) >= 11 is 0. The minimum absolute atomic E-state index is 0.299. The van der Waals surface area contributed by atoms with Gasteiger partial charge in [0.15, 0.2) is 9.84 Å². The van der Waals surface area contributed by atoms with Crippen molar-refractivity contribution in [2.45, 2.75) is 4.90 Å². The van der Waals surface area contributed by atoms with Crippen LogP contribution < -0.4 is 0 Å². The van der Waals surface area contributed by atoms with Crippen molar-refractivity contribution in [3.05, 3.63) is 42.7 Å². The van der Waals surface area contributed by atoms with Gasteiger partial charge in [0.1, 0.15) is 11.3 Å². The molecule has 0 atom stereocenters. The third-order valence-electron chi connectivity index (χ3n) is 3.94. The Kier molecular flexibility index (Phi) is 2.83. The van der Waals surface area contributed by atoms with Gasteiger partial charge in [-0.3, -0.25) is 4.68 Å². The average molecular weight is 326 g/mol. The maximum atomic E-state index is 11.6. The maximum absolute atomic E-state index is 11.6. The quantitative estimate of drug-likeness (QED) is 0.614. The Morgan fingerprint density at radius 1 is 1.09 bits per heavy atom. The van der Waals surface area contributed by atoms with Crippen LogP contribution in [0.1, 0.15) is 0 Å². The predicted octanol–water partition coefficient (Wildman–Crippen LogP) is 2.52. The third-order valence-corrected chi connectivity index (χ3v) is 5.07. The third kappa shape index (κ3) is 2.12. The van der Waals surface area contributed by atoms with E-state index in [0.29, 0.717) is 4.90 Å². The van der Waals surface area contributed by atoms with Gasteiger partial charge in [-0.15, -0.1) is 0 Å². The second-order valence-corrected chi connectivity index (χ2v) is 7.54. The molecule has 23 heavy (non-hydrogen) atoms. The second-order valence-electron chi connectivity index (χ2n) is 5.53. The molecule has 4 rings (SSSR count). The van der Waals surface area contributed by atoms with Gasteiger partial charge in [-0.25, -0.2) is 13.4 Å². The molecular weight excluding hydrogens is 312 g/mol. The predicted molar refractivity (Wildman–Crippen MR) is 88.9 cm³/mol. The van der Waals surface area contributed by atoms with Crippen LogP contribution in [0.5, 0.6) is 0 Å². The molecule has 0 aliphatic rings. The Morgan fingerprint density at radius 2 is 1.83 bits per heavy atom. The number of benzene rings is 1. The number of fused-ring (bicyclic) bond motifs is 3. The molecule has 0 bridgehead atoms. The van der Waals surface area contributed by atoms with Crippen LogP contribution in [0.15, 0.2) is 47.6 Å². The van der Waals surface area contributed by atoms with E-state index in [1.807, 2.05) is 24.0 Å². The average Bonchev–Trinajstić information content (AvgIpc) is 3.10. The molecule has 1 N–H and O–H groups in total. The first kappa shape index (κ1) is 14.0. The summed E-state index contributed by atoms with van der Waals surface area (Å²) in [6, 6.07) is 8.74. The molecule has 0 aliphatic heterocycles. The zero-order chi connectivity index (χ0) is 16.2. The second kappa shape index (κ2) is 4.66. The minimum Gasteiger partial charge on any atom is -0.346 e. The molecule has 0 spiro atoms. The standard InChI is InChI=1S/C16H14N4O2S/c1-20-15-12-7-8-17-16(12)18-9-13(15)14(19-20)10-3-5-11(6-4-10)23(2,21)22/h3-9H,1-2H3,(H,17,18). The van der Waals surface area contributed by atoms with Crippen molar-refractivity contribution in [1.82, 2.24) is 19.7 Å². The van der Waals surface area contributed by atoms with Gasteiger partial charge in [-0.1, -0.05) is 12.1 Å². The Bertz CT molecular complexity index is 1140. The van der Waals surface area contributed by atoms with E-state index in [1.165, 1.54) is 6.26 Å². The van der Waals surface area contributed by atoms with Gasteiger partial charge in [0.05, 0.1) is 10.4 Å². The SMILES string of the molecule is Cn1nc(-c2ccc(S(C)(=O)=O)cc2)c2cnc3[nH]ccc3c21. The lowest BCUT2D eigenvalue weighted by atomic mass is 10.1. The summed E-state index contributed by atoms with van der Waals surface area (Å²) in [6.45, 7) is 0. The summed E-state index contributed by atoms with van der Waals surface area (Å²) in [7, 11) is -1.31. The Morgan fingerprint density at radius 3 is 2.52 bits per heavy atom. The summed E-state index contributed by atoms with van der Waals surface area (Å²) in [4.78, 5) is 7.81. The molecule has 0 amide bonds. The van der Waals surface area contributed by atoms with E-state index in [4.69, 9.17) is 0 Å². The van der Waals surface area contributed by atoms with Crippen LogP contribution in [0, 0.1) is 0 Å². The van der Waals surface area contributed by atoms with Crippen molar-refractivity contribution in [2.24, 2.45) is 7.05 Å². The molecule has 6 nitrogen and oxygen atoms in total. The fraction of sp³-hybridized carbons (Fsp3) is 0.125. The molecule has 4 aromatic rings. The number of nitrogens with one attached hydrogen (secondary N) is 1. The van der Waals surface area contributed by atoms with Gasteiger partial charge < -0.3 is 4.98 Å². The van der Waals surface area contributed by atoms with Gasteiger partial charge in [-0.2, -0.15) is 5.10 Å². The van der Waals surface area contributed by atoms with E-state index < -0.39 is 9.84 Å². The lowest BCUT2D eigenvalue weighted by molar-refractivity contribution is 0.602. The first-order valence-electron chi connectivity index (χ1n) is 7.04. The Hall–Kier alpha value is -2.67. The summed E-state index contributed by atoms with van der Waals surface area (Å²) in [5.41, 5.74) is 3.47. The van der Waals surface area contributed by atoms with Gasteiger partial charge >= 0.3 is 0 Å². The van der Waals surface area contributed by atoms with Crippen molar-refractivity contribution in [2.75, 3.05) is 6.26 Å². The number of nitrogens with zero attached hydrogens (tertiary/aromatic N) is 3. The topological polar surface area (TPSA) is 80.6 Å². The van der Waals surface area contributed by atoms with Crippen molar-refractivity contribution in [3.8, 4) is 11.3 Å². The molecule has 0 radical (unpaired) electrons. The zero-order valence-corrected chi connectivity index (χ0v) is 13.4. The van der Waals surface area contributed by atoms with Gasteiger partial charge in [0, 0.05) is 42.0 Å². The smallest absolute Gasteiger partial charge is 0.175 e. The number of aryl methyl sites for hydroxylation is 1. The van der Waals surface area contributed by atoms with E-state index >= 15 is 0 Å². The number of H-pyrrole nitrogens is 1. The molecule has 0 saturated carbocycles. The van der Waals surface area contributed by atoms with Crippen LogP contribution in [0.25, 0.3) is 33.2 Å². The van der Waals surface area contributed by atoms with E-state index in [-0.39, 0.29) is 0 Å². The van der Waals surface area contributed by atoms with Gasteiger partial charge in [0.25, 0.3) is 0 Å². The fourth-order valence-corrected chi connectivity index (χ4v) is 3.47. The largest absolute Gasteiger partial charge is 0.346 e. The number of hydrogen-bond donors (Lipinski definition) is 1. The molecule has 0 aliphatic carbocycles. The number of pyridine rings is 1. The highest BCUT2D eigenvalue weighted by molar-refractivity contribution is 7.90. The fourth-order valence-electron chi connectivity index (χ4n) is 2.84. The highest BCUT2D eigenvalue weighted by Gasteiger charge is 2.15. The van der Waals surface area contributed by atoms with Gasteiger partial charge in [0.2, 0.25) is 0 Å². The summed E-state index contributed by atoms with van der Waals surface area (Å²) in [6.07, 6.45) is 4.84. The van der Waals surface area contributed by atoms with Crippen LogP contribution in [-0.4, -0.2) is 34.4 Å². The lowest BCUT2D eigenvalue weighted by Crippen LogP contribution is -1.96. The molecule has 7 heteroatoms. The number of sulfone groups is 1.